The van der Waals surface area contributed by atoms with Crippen LogP contribution in [0, 0.1) is 0 Å². The standard InChI is InChI=1S/C25H33Cl2N3O5S/c1-5-7-14-28-25(32)21(6-2)29(16-18-10-8-9-11-20(18)27)24(31)17-30(36(4,33)34)22-15-19(26)12-13-23(22)35-3/h8-13,15,21H,5-7,14,16-17H2,1-4H3,(H,28,32)/t21-/m1/s1. The Balaban J connectivity index is 2.49. The molecule has 2 amide bonds. The van der Waals surface area contributed by atoms with Crippen LogP contribution in [0.1, 0.15) is 38.7 Å². The maximum atomic E-state index is 13.7. The molecule has 0 aliphatic rings. The molecule has 0 heterocycles. The highest BCUT2D eigenvalue weighted by Gasteiger charge is 2.32. The molecular weight excluding hydrogens is 525 g/mol. The van der Waals surface area contributed by atoms with Crippen molar-refractivity contribution in [2.75, 3.05) is 30.8 Å². The van der Waals surface area contributed by atoms with Crippen molar-refractivity contribution in [2.24, 2.45) is 0 Å². The molecule has 2 rings (SSSR count). The van der Waals surface area contributed by atoms with Crippen molar-refractivity contribution in [2.45, 2.75) is 45.7 Å². The van der Waals surface area contributed by atoms with Crippen LogP contribution >= 0.6 is 23.2 Å². The highest BCUT2D eigenvalue weighted by atomic mass is 35.5. The molecule has 0 bridgehead atoms. The van der Waals surface area contributed by atoms with E-state index in [0.717, 1.165) is 23.4 Å². The minimum atomic E-state index is -3.93. The SMILES string of the molecule is CCCCNC(=O)[C@@H](CC)N(Cc1ccccc1Cl)C(=O)CN(c1cc(Cl)ccc1OC)S(C)(=O)=O. The van der Waals surface area contributed by atoms with Crippen LogP contribution in [0.15, 0.2) is 42.5 Å². The molecule has 198 valence electrons. The minimum Gasteiger partial charge on any atom is -0.495 e. The van der Waals surface area contributed by atoms with Crippen molar-refractivity contribution in [1.82, 2.24) is 10.2 Å². The molecule has 0 saturated heterocycles. The fourth-order valence-corrected chi connectivity index (χ4v) is 4.90. The Labute approximate surface area is 223 Å². The summed E-state index contributed by atoms with van der Waals surface area (Å²) in [4.78, 5) is 28.2. The first-order chi connectivity index (χ1) is 17.0. The van der Waals surface area contributed by atoms with Crippen LogP contribution in [0.5, 0.6) is 5.75 Å². The van der Waals surface area contributed by atoms with Crippen LogP contribution in [0.4, 0.5) is 5.69 Å². The Morgan fingerprint density at radius 1 is 1.11 bits per heavy atom. The topological polar surface area (TPSA) is 96.0 Å². The zero-order valence-electron chi connectivity index (χ0n) is 21.0. The predicted molar refractivity (Wildman–Crippen MR) is 144 cm³/mol. The van der Waals surface area contributed by atoms with E-state index in [0.29, 0.717) is 23.6 Å². The third-order valence-corrected chi connectivity index (χ3v) is 7.33. The third kappa shape index (κ3) is 8.01. The van der Waals surface area contributed by atoms with Crippen LogP contribution in [0.2, 0.25) is 10.0 Å². The Morgan fingerprint density at radius 3 is 2.39 bits per heavy atom. The smallest absolute Gasteiger partial charge is 0.244 e. The normalized spacial score (nSPS) is 12.1. The number of nitrogens with one attached hydrogen (secondary N) is 1. The van der Waals surface area contributed by atoms with E-state index in [1.807, 2.05) is 6.92 Å². The van der Waals surface area contributed by atoms with Crippen LogP contribution in [-0.4, -0.2) is 57.6 Å². The molecule has 0 unspecified atom stereocenters. The number of halogens is 2. The van der Waals surface area contributed by atoms with Gasteiger partial charge in [-0.1, -0.05) is 61.7 Å². The van der Waals surface area contributed by atoms with Gasteiger partial charge in [0.05, 0.1) is 19.1 Å². The second-order valence-electron chi connectivity index (χ2n) is 8.27. The summed E-state index contributed by atoms with van der Waals surface area (Å²) < 4.78 is 31.8. The third-order valence-electron chi connectivity index (χ3n) is 5.60. The largest absolute Gasteiger partial charge is 0.495 e. The molecule has 2 aromatic carbocycles. The minimum absolute atomic E-state index is 0.0303. The fourth-order valence-electron chi connectivity index (χ4n) is 3.69. The molecule has 0 spiro atoms. The number of hydrogen-bond donors (Lipinski definition) is 1. The zero-order valence-corrected chi connectivity index (χ0v) is 23.3. The molecule has 8 nitrogen and oxygen atoms in total. The number of methoxy groups -OCH3 is 1. The second kappa shape index (κ2) is 13.7. The number of sulfonamides is 1. The lowest BCUT2D eigenvalue weighted by atomic mass is 10.1. The number of ether oxygens (including phenoxy) is 1. The summed E-state index contributed by atoms with van der Waals surface area (Å²) in [5.41, 5.74) is 0.762. The van der Waals surface area contributed by atoms with Gasteiger partial charge < -0.3 is 15.0 Å². The Bertz CT molecular complexity index is 1160. The Kier molecular flexibility index (Phi) is 11.3. The monoisotopic (exact) mass is 557 g/mol. The number of amides is 2. The Hall–Kier alpha value is -2.49. The number of carbonyl (C=O) groups is 2. The predicted octanol–water partition coefficient (Wildman–Crippen LogP) is 4.49. The number of rotatable bonds is 13. The summed E-state index contributed by atoms with van der Waals surface area (Å²) in [5, 5.41) is 3.59. The first-order valence-electron chi connectivity index (χ1n) is 11.6. The van der Waals surface area contributed by atoms with E-state index >= 15 is 0 Å². The van der Waals surface area contributed by atoms with Gasteiger partial charge in [0.2, 0.25) is 21.8 Å². The fraction of sp³-hybridized carbons (Fsp3) is 0.440. The highest BCUT2D eigenvalue weighted by Crippen LogP contribution is 2.33. The van der Waals surface area contributed by atoms with Crippen LogP contribution in [0.25, 0.3) is 0 Å². The van der Waals surface area contributed by atoms with Crippen molar-refractivity contribution in [1.29, 1.82) is 0 Å². The average Bonchev–Trinajstić information content (AvgIpc) is 2.82. The van der Waals surface area contributed by atoms with Gasteiger partial charge in [0.25, 0.3) is 0 Å². The summed E-state index contributed by atoms with van der Waals surface area (Å²) in [6, 6.07) is 10.7. The molecule has 0 aromatic heterocycles. The lowest BCUT2D eigenvalue weighted by Gasteiger charge is -2.33. The van der Waals surface area contributed by atoms with Gasteiger partial charge in [-0.25, -0.2) is 8.42 Å². The van der Waals surface area contributed by atoms with Crippen molar-refractivity contribution < 1.29 is 22.7 Å². The van der Waals surface area contributed by atoms with Crippen molar-refractivity contribution in [3.63, 3.8) is 0 Å². The molecule has 36 heavy (non-hydrogen) atoms. The second-order valence-corrected chi connectivity index (χ2v) is 11.0. The van der Waals surface area contributed by atoms with Crippen molar-refractivity contribution in [3.05, 3.63) is 58.1 Å². The number of benzene rings is 2. The summed E-state index contributed by atoms with van der Waals surface area (Å²) in [5.74, 6) is -0.642. The van der Waals surface area contributed by atoms with Gasteiger partial charge in [-0.05, 0) is 42.7 Å². The molecular formula is C25H33Cl2N3O5S. The van der Waals surface area contributed by atoms with E-state index in [1.165, 1.54) is 24.1 Å². The lowest BCUT2D eigenvalue weighted by Crippen LogP contribution is -2.52. The first-order valence-corrected chi connectivity index (χ1v) is 14.3. The average molecular weight is 559 g/mol. The lowest BCUT2D eigenvalue weighted by molar-refractivity contribution is -0.140. The summed E-state index contributed by atoms with van der Waals surface area (Å²) >= 11 is 12.5. The van der Waals surface area contributed by atoms with Gasteiger partial charge in [0, 0.05) is 23.1 Å². The molecule has 2 aromatic rings. The van der Waals surface area contributed by atoms with E-state index in [1.54, 1.807) is 37.3 Å². The number of nitrogens with zero attached hydrogens (tertiary/aromatic N) is 2. The molecule has 0 saturated carbocycles. The van der Waals surface area contributed by atoms with E-state index < -0.39 is 28.5 Å². The van der Waals surface area contributed by atoms with E-state index in [-0.39, 0.29) is 28.9 Å². The molecule has 1 atom stereocenters. The molecule has 0 fully saturated rings. The molecule has 1 N–H and O–H groups in total. The molecule has 0 radical (unpaired) electrons. The van der Waals surface area contributed by atoms with E-state index in [2.05, 4.69) is 5.32 Å². The van der Waals surface area contributed by atoms with Gasteiger partial charge in [-0.15, -0.1) is 0 Å². The molecule has 0 aliphatic carbocycles. The van der Waals surface area contributed by atoms with Crippen molar-refractivity contribution >= 4 is 50.7 Å². The summed E-state index contributed by atoms with van der Waals surface area (Å²) in [7, 11) is -2.53. The van der Waals surface area contributed by atoms with Gasteiger partial charge in [-0.3, -0.25) is 13.9 Å². The quantitative estimate of drug-likeness (QED) is 0.366. The summed E-state index contributed by atoms with van der Waals surface area (Å²) in [6.07, 6.45) is 3.03. The van der Waals surface area contributed by atoms with Gasteiger partial charge in [0.1, 0.15) is 18.3 Å². The number of hydrogen-bond acceptors (Lipinski definition) is 5. The summed E-state index contributed by atoms with van der Waals surface area (Å²) in [6.45, 7) is 3.77. The van der Waals surface area contributed by atoms with Crippen LogP contribution < -0.4 is 14.4 Å². The maximum absolute atomic E-state index is 13.7. The van der Waals surface area contributed by atoms with E-state index in [4.69, 9.17) is 27.9 Å². The highest BCUT2D eigenvalue weighted by molar-refractivity contribution is 7.92. The van der Waals surface area contributed by atoms with Crippen LogP contribution in [0.3, 0.4) is 0 Å². The number of carbonyl (C=O) groups excluding carboxylic acids is 2. The van der Waals surface area contributed by atoms with E-state index in [9.17, 15) is 18.0 Å². The number of unbranched alkanes of at least 4 members (excludes halogenated alkanes) is 1. The van der Waals surface area contributed by atoms with Gasteiger partial charge >= 0.3 is 0 Å². The van der Waals surface area contributed by atoms with Crippen LogP contribution in [-0.2, 0) is 26.2 Å². The first kappa shape index (κ1) is 29.7. The van der Waals surface area contributed by atoms with Gasteiger partial charge in [0.15, 0.2) is 0 Å². The molecule has 0 aliphatic heterocycles. The molecule has 11 heteroatoms. The van der Waals surface area contributed by atoms with Gasteiger partial charge in [-0.2, -0.15) is 0 Å². The maximum Gasteiger partial charge on any atom is 0.244 e. The van der Waals surface area contributed by atoms with Crippen molar-refractivity contribution in [3.8, 4) is 5.75 Å². The Morgan fingerprint density at radius 2 is 1.81 bits per heavy atom. The number of anilines is 1. The zero-order chi connectivity index (χ0) is 26.9.